The van der Waals surface area contributed by atoms with Crippen LogP contribution in [-0.4, -0.2) is 50.7 Å². The summed E-state index contributed by atoms with van der Waals surface area (Å²) in [6.07, 6.45) is 4.43. The Kier molecular flexibility index (Phi) is 18.0. The molecule has 2 rings (SSSR count). The van der Waals surface area contributed by atoms with Gasteiger partial charge in [-0.25, -0.2) is 23.1 Å². The highest BCUT2D eigenvalue weighted by molar-refractivity contribution is 5.56. The normalized spacial score (nSPS) is 11.1. The molecular formula is C27H38F3N5O3. The molecule has 2 aromatic rings. The first kappa shape index (κ1) is 34.0. The van der Waals surface area contributed by atoms with E-state index >= 15 is 0 Å². The smallest absolute Gasteiger partial charge is 0.292 e. The van der Waals surface area contributed by atoms with Gasteiger partial charge in [-0.05, 0) is 49.3 Å². The Balaban J connectivity index is 0.00000208. The van der Waals surface area contributed by atoms with Gasteiger partial charge in [0.05, 0.1) is 13.8 Å². The largest absolute Gasteiger partial charge is 0.471 e. The second kappa shape index (κ2) is 20.1. The van der Waals surface area contributed by atoms with Gasteiger partial charge in [-0.3, -0.25) is 4.79 Å². The fourth-order valence-electron chi connectivity index (χ4n) is 2.80. The highest BCUT2D eigenvalue weighted by atomic mass is 19.3. The van der Waals surface area contributed by atoms with Crippen LogP contribution in [0.2, 0.25) is 0 Å². The Bertz CT molecular complexity index is 1050. The van der Waals surface area contributed by atoms with Crippen molar-refractivity contribution in [2.45, 2.75) is 40.5 Å². The van der Waals surface area contributed by atoms with Crippen LogP contribution < -0.4 is 20.3 Å². The quantitative estimate of drug-likeness (QED) is 0.187. The third-order valence-corrected chi connectivity index (χ3v) is 4.63. The molecule has 1 heterocycles. The molecule has 0 aliphatic heterocycles. The van der Waals surface area contributed by atoms with E-state index in [2.05, 4.69) is 32.3 Å². The van der Waals surface area contributed by atoms with E-state index in [4.69, 9.17) is 9.53 Å². The number of aromatic nitrogens is 2. The summed E-state index contributed by atoms with van der Waals surface area (Å²) in [5.74, 6) is 0.302. The van der Waals surface area contributed by atoms with E-state index in [0.717, 1.165) is 23.7 Å². The number of nitrogens with one attached hydrogen (secondary N) is 2. The molecule has 0 atom stereocenters. The highest BCUT2D eigenvalue weighted by Crippen LogP contribution is 2.28. The molecule has 0 amide bonds. The number of rotatable bonds is 12. The lowest BCUT2D eigenvalue weighted by atomic mass is 10.1. The molecule has 0 aliphatic carbocycles. The lowest BCUT2D eigenvalue weighted by Gasteiger charge is -2.24. The van der Waals surface area contributed by atoms with Crippen molar-refractivity contribution in [3.63, 3.8) is 0 Å². The number of aryl methyl sites for hydroxylation is 1. The molecule has 0 fully saturated rings. The van der Waals surface area contributed by atoms with E-state index in [1.165, 1.54) is 25.6 Å². The summed E-state index contributed by atoms with van der Waals surface area (Å²) in [6.45, 7) is 8.68. The molecule has 0 spiro atoms. The molecule has 38 heavy (non-hydrogen) atoms. The zero-order valence-corrected chi connectivity index (χ0v) is 23.0. The van der Waals surface area contributed by atoms with Crippen LogP contribution in [0.25, 0.3) is 0 Å². The van der Waals surface area contributed by atoms with E-state index in [1.54, 1.807) is 26.1 Å². The minimum absolute atomic E-state index is 0.375. The Hall–Kier alpha value is -4.02. The summed E-state index contributed by atoms with van der Waals surface area (Å²) in [7, 11) is 5.01. The first-order valence-electron chi connectivity index (χ1n) is 12.0. The van der Waals surface area contributed by atoms with Gasteiger partial charge in [0, 0.05) is 31.5 Å². The lowest BCUT2D eigenvalue weighted by Crippen LogP contribution is -2.30. The Morgan fingerprint density at radius 3 is 2.45 bits per heavy atom. The predicted molar refractivity (Wildman–Crippen MR) is 146 cm³/mol. The molecule has 2 N–H and O–H groups in total. The van der Waals surface area contributed by atoms with E-state index in [1.807, 2.05) is 44.0 Å². The van der Waals surface area contributed by atoms with Gasteiger partial charge in [-0.2, -0.15) is 0 Å². The zero-order valence-electron chi connectivity index (χ0n) is 23.0. The van der Waals surface area contributed by atoms with Crippen molar-refractivity contribution in [1.29, 1.82) is 0 Å². The van der Waals surface area contributed by atoms with Crippen molar-refractivity contribution in [3.05, 3.63) is 72.0 Å². The summed E-state index contributed by atoms with van der Waals surface area (Å²) in [5, 5.41) is 6.14. The molecule has 11 heteroatoms. The summed E-state index contributed by atoms with van der Waals surface area (Å²) in [5.41, 5.74) is 2.76. The molecule has 0 radical (unpaired) electrons. The molecule has 0 saturated heterocycles. The van der Waals surface area contributed by atoms with Crippen LogP contribution in [0.4, 0.5) is 24.7 Å². The van der Waals surface area contributed by atoms with Gasteiger partial charge in [0.1, 0.15) is 17.9 Å². The molecule has 0 saturated carbocycles. The van der Waals surface area contributed by atoms with Crippen LogP contribution in [0.15, 0.2) is 66.4 Å². The molecule has 0 bridgehead atoms. The van der Waals surface area contributed by atoms with Gasteiger partial charge in [-0.15, -0.1) is 0 Å². The zero-order chi connectivity index (χ0) is 28.9. The summed E-state index contributed by atoms with van der Waals surface area (Å²) in [6, 6.07) is 7.49. The predicted octanol–water partition coefficient (Wildman–Crippen LogP) is 6.25. The van der Waals surface area contributed by atoms with Gasteiger partial charge >= 0.3 is 0 Å². The van der Waals surface area contributed by atoms with Crippen molar-refractivity contribution in [3.8, 4) is 11.6 Å². The van der Waals surface area contributed by atoms with E-state index in [-0.39, 0.29) is 0 Å². The van der Waals surface area contributed by atoms with Crippen LogP contribution in [0.3, 0.4) is 0 Å². The van der Waals surface area contributed by atoms with E-state index in [0.29, 0.717) is 36.3 Å². The number of benzene rings is 1. The molecular weight excluding hydrogens is 499 g/mol. The summed E-state index contributed by atoms with van der Waals surface area (Å²) >= 11 is 0. The minimum Gasteiger partial charge on any atom is -0.471 e. The van der Waals surface area contributed by atoms with Crippen molar-refractivity contribution in [2.75, 3.05) is 38.1 Å². The van der Waals surface area contributed by atoms with Crippen LogP contribution >= 0.6 is 0 Å². The number of carbonyl (C=O) groups is 1. The molecule has 1 aromatic carbocycles. The van der Waals surface area contributed by atoms with E-state index < -0.39 is 12.3 Å². The maximum absolute atomic E-state index is 12.9. The average Bonchev–Trinajstić information content (AvgIpc) is 2.95. The number of hydrogen-bond donors (Lipinski definition) is 2. The Morgan fingerprint density at radius 1 is 1.21 bits per heavy atom. The van der Waals surface area contributed by atoms with Crippen LogP contribution in [0, 0.1) is 0 Å². The number of nitrogens with zero attached hydrogens (tertiary/aromatic N) is 3. The number of carbonyl (C=O) groups excluding carboxylic acids is 1. The first-order chi connectivity index (χ1) is 18.3. The summed E-state index contributed by atoms with van der Waals surface area (Å²) < 4.78 is 47.0. The first-order valence-corrected chi connectivity index (χ1v) is 12.0. The minimum atomic E-state index is -3.10. The SMILES string of the molecule is CC.COC=O.C\C=C(/C=C\C=C(\F)C(F)F)NCN(C)c1ccc(Oc2cc(NC)ncn2)cc1CC. The highest BCUT2D eigenvalue weighted by Gasteiger charge is 2.10. The van der Waals surface area contributed by atoms with Gasteiger partial charge in [0.2, 0.25) is 5.88 Å². The number of ether oxygens (including phenoxy) is 2. The molecule has 0 unspecified atom stereocenters. The third kappa shape index (κ3) is 12.8. The van der Waals surface area contributed by atoms with Gasteiger partial charge < -0.3 is 25.0 Å². The number of alkyl halides is 2. The third-order valence-electron chi connectivity index (χ3n) is 4.63. The van der Waals surface area contributed by atoms with E-state index in [9.17, 15) is 13.2 Å². The maximum atomic E-state index is 12.9. The van der Waals surface area contributed by atoms with Crippen LogP contribution in [0.1, 0.15) is 33.3 Å². The number of methoxy groups -OCH3 is 1. The van der Waals surface area contributed by atoms with Crippen molar-refractivity contribution in [2.24, 2.45) is 0 Å². The number of anilines is 2. The topological polar surface area (TPSA) is 88.6 Å². The van der Waals surface area contributed by atoms with Crippen molar-refractivity contribution >= 4 is 18.0 Å². The lowest BCUT2D eigenvalue weighted by molar-refractivity contribution is -0.126. The fourth-order valence-corrected chi connectivity index (χ4v) is 2.80. The maximum Gasteiger partial charge on any atom is 0.292 e. The van der Waals surface area contributed by atoms with Gasteiger partial charge in [0.15, 0.2) is 5.83 Å². The average molecular weight is 538 g/mol. The molecule has 1 aromatic heterocycles. The Morgan fingerprint density at radius 2 is 1.89 bits per heavy atom. The molecule has 210 valence electrons. The summed E-state index contributed by atoms with van der Waals surface area (Å²) in [4.78, 5) is 19.2. The van der Waals surface area contributed by atoms with Crippen molar-refractivity contribution in [1.82, 2.24) is 15.3 Å². The standard InChI is InChI=1S/C23H28F3N5O.C2H4O2.C2H6/c1-5-16-12-18(32-22-13-21(27-3)28-14-29-22)10-11-20(16)31(4)15-30-17(6-2)8-7-9-19(24)23(25)26;1-4-2-3;1-2/h6-14,23,30H,5,15H2,1-4H3,(H,27,28,29);2H,1H3;1-2H3/b8-7-,17-6+,19-9+;;. The number of allylic oxidation sites excluding steroid dienone is 5. The van der Waals surface area contributed by atoms with Crippen molar-refractivity contribution < 1.29 is 27.4 Å². The van der Waals surface area contributed by atoms with Crippen LogP contribution in [-0.2, 0) is 16.0 Å². The fraction of sp³-hybridized carbons (Fsp3) is 0.370. The molecule has 8 nitrogen and oxygen atoms in total. The monoisotopic (exact) mass is 537 g/mol. The molecule has 0 aliphatic rings. The second-order valence-corrected chi connectivity index (χ2v) is 7.06. The van der Waals surface area contributed by atoms with Gasteiger partial charge in [0.25, 0.3) is 12.9 Å². The number of hydrogen-bond acceptors (Lipinski definition) is 8. The van der Waals surface area contributed by atoms with Gasteiger partial charge in [-0.1, -0.05) is 32.9 Å². The Labute approximate surface area is 223 Å². The van der Waals surface area contributed by atoms with Crippen LogP contribution in [0.5, 0.6) is 11.6 Å². The second-order valence-electron chi connectivity index (χ2n) is 7.06. The number of halogens is 3.